The van der Waals surface area contributed by atoms with E-state index in [9.17, 15) is 8.42 Å². The summed E-state index contributed by atoms with van der Waals surface area (Å²) in [7, 11) is -1.93. The van der Waals surface area contributed by atoms with Crippen molar-refractivity contribution in [3.63, 3.8) is 0 Å². The van der Waals surface area contributed by atoms with Gasteiger partial charge >= 0.3 is 0 Å². The molecule has 0 spiro atoms. The minimum absolute atomic E-state index is 0.211. The number of sulfone groups is 1. The van der Waals surface area contributed by atoms with E-state index in [1.54, 1.807) is 13.0 Å². The quantitative estimate of drug-likeness (QED) is 0.764. The molecule has 0 bridgehead atoms. The third kappa shape index (κ3) is 1.96. The summed E-state index contributed by atoms with van der Waals surface area (Å²) in [5.41, 5.74) is 0.630. The lowest BCUT2D eigenvalue weighted by molar-refractivity contribution is 0.412. The highest BCUT2D eigenvalue weighted by atomic mass is 32.2. The first-order valence-corrected chi connectivity index (χ1v) is 5.49. The largest absolute Gasteiger partial charge is 0.496 e. The van der Waals surface area contributed by atoms with E-state index >= 15 is 0 Å². The smallest absolute Gasteiger partial charge is 0.199 e. The van der Waals surface area contributed by atoms with Gasteiger partial charge in [-0.3, -0.25) is 0 Å². The van der Waals surface area contributed by atoms with E-state index in [0.717, 1.165) is 5.41 Å². The van der Waals surface area contributed by atoms with Gasteiger partial charge in [-0.2, -0.15) is 0 Å². The first-order valence-electron chi connectivity index (χ1n) is 3.95. The van der Waals surface area contributed by atoms with Gasteiger partial charge in [-0.25, -0.2) is 8.42 Å². The van der Waals surface area contributed by atoms with Crippen molar-refractivity contribution in [2.45, 2.75) is 11.8 Å². The van der Waals surface area contributed by atoms with Crippen LogP contribution >= 0.6 is 0 Å². The third-order valence-corrected chi connectivity index (χ3v) is 3.32. The molecule has 0 aliphatic carbocycles. The standard InChI is InChI=1S/C10H11O3S/c1-4-14(11,12)10-7-9(13-3)6-5-8(10)2/h4-5,7H,1H2,2-3H3. The zero-order chi connectivity index (χ0) is 10.8. The Morgan fingerprint density at radius 3 is 2.71 bits per heavy atom. The van der Waals surface area contributed by atoms with Crippen LogP contribution in [0.25, 0.3) is 0 Å². The van der Waals surface area contributed by atoms with Gasteiger partial charge in [0.2, 0.25) is 0 Å². The number of rotatable bonds is 3. The van der Waals surface area contributed by atoms with Gasteiger partial charge in [-0.15, -0.1) is 0 Å². The SMILES string of the molecule is C=CS(=O)(=O)c1cc(OC)[c]cc1C. The van der Waals surface area contributed by atoms with Crippen LogP contribution in [0, 0.1) is 13.0 Å². The Balaban J connectivity index is 3.40. The number of benzene rings is 1. The van der Waals surface area contributed by atoms with E-state index in [1.807, 2.05) is 0 Å². The molecule has 0 atom stereocenters. The Morgan fingerprint density at radius 1 is 1.57 bits per heavy atom. The topological polar surface area (TPSA) is 43.4 Å². The van der Waals surface area contributed by atoms with Crippen LogP contribution in [0.15, 0.2) is 29.0 Å². The van der Waals surface area contributed by atoms with E-state index in [0.29, 0.717) is 11.3 Å². The van der Waals surface area contributed by atoms with Gasteiger partial charge in [0.05, 0.1) is 12.0 Å². The predicted octanol–water partition coefficient (Wildman–Crippen LogP) is 1.72. The second-order valence-corrected chi connectivity index (χ2v) is 4.62. The van der Waals surface area contributed by atoms with Crippen LogP contribution in [0.5, 0.6) is 5.75 Å². The molecule has 1 radical (unpaired) electrons. The van der Waals surface area contributed by atoms with Gasteiger partial charge in [0.25, 0.3) is 0 Å². The number of hydrogen-bond acceptors (Lipinski definition) is 3. The van der Waals surface area contributed by atoms with Gasteiger partial charge in [-0.1, -0.05) is 6.58 Å². The van der Waals surface area contributed by atoms with Crippen LogP contribution in [0.4, 0.5) is 0 Å². The molecule has 1 aromatic rings. The molecule has 0 unspecified atom stereocenters. The van der Waals surface area contributed by atoms with Gasteiger partial charge < -0.3 is 4.74 Å². The fourth-order valence-electron chi connectivity index (χ4n) is 1.04. The second kappa shape index (κ2) is 3.84. The molecule has 0 aliphatic heterocycles. The lowest BCUT2D eigenvalue weighted by atomic mass is 10.2. The number of ether oxygens (including phenoxy) is 1. The summed E-state index contributed by atoms with van der Waals surface area (Å²) in [6, 6.07) is 5.82. The van der Waals surface area contributed by atoms with Crippen LogP contribution in [0.1, 0.15) is 5.56 Å². The molecule has 14 heavy (non-hydrogen) atoms. The molecule has 4 heteroatoms. The maximum atomic E-state index is 11.5. The van der Waals surface area contributed by atoms with Gasteiger partial charge in [-0.05, 0) is 18.6 Å². The molecule has 0 fully saturated rings. The van der Waals surface area contributed by atoms with Crippen LogP contribution in [-0.4, -0.2) is 15.5 Å². The van der Waals surface area contributed by atoms with Crippen LogP contribution in [0.3, 0.4) is 0 Å². The molecule has 0 saturated heterocycles. The summed E-state index contributed by atoms with van der Waals surface area (Å²) in [5.74, 6) is 0.399. The summed E-state index contributed by atoms with van der Waals surface area (Å²) in [5, 5.41) is 0.925. The van der Waals surface area contributed by atoms with E-state index < -0.39 is 9.84 Å². The van der Waals surface area contributed by atoms with Crippen molar-refractivity contribution >= 4 is 9.84 Å². The number of aryl methyl sites for hydroxylation is 1. The average molecular weight is 211 g/mol. The highest BCUT2D eigenvalue weighted by molar-refractivity contribution is 7.94. The maximum Gasteiger partial charge on any atom is 0.199 e. The first kappa shape index (κ1) is 10.8. The Kier molecular flexibility index (Phi) is 2.96. The zero-order valence-corrected chi connectivity index (χ0v) is 8.89. The second-order valence-electron chi connectivity index (χ2n) is 2.76. The molecule has 75 valence electrons. The lowest BCUT2D eigenvalue weighted by Gasteiger charge is -2.05. The average Bonchev–Trinajstić information content (AvgIpc) is 2.18. The van der Waals surface area contributed by atoms with Gasteiger partial charge in [0.1, 0.15) is 5.75 Å². The molecule has 1 rings (SSSR count). The minimum atomic E-state index is -3.40. The van der Waals surface area contributed by atoms with Crippen molar-refractivity contribution in [2.24, 2.45) is 0 Å². The maximum absolute atomic E-state index is 11.5. The Labute approximate surface area is 83.9 Å². The van der Waals surface area contributed by atoms with Crippen molar-refractivity contribution < 1.29 is 13.2 Å². The highest BCUT2D eigenvalue weighted by Crippen LogP contribution is 2.22. The molecule has 0 heterocycles. The molecule has 0 aromatic heterocycles. The fourth-order valence-corrected chi connectivity index (χ4v) is 2.00. The summed E-state index contributed by atoms with van der Waals surface area (Å²) in [6.45, 7) is 4.97. The van der Waals surface area contributed by atoms with Crippen molar-refractivity contribution in [1.82, 2.24) is 0 Å². The molecule has 1 aromatic carbocycles. The summed E-state index contributed by atoms with van der Waals surface area (Å²) in [6.07, 6.45) is 0. The van der Waals surface area contributed by atoms with Gasteiger partial charge in [0, 0.05) is 17.5 Å². The lowest BCUT2D eigenvalue weighted by Crippen LogP contribution is -1.99. The van der Waals surface area contributed by atoms with Crippen molar-refractivity contribution in [2.75, 3.05) is 7.11 Å². The Morgan fingerprint density at radius 2 is 2.21 bits per heavy atom. The monoisotopic (exact) mass is 211 g/mol. The molecule has 0 aliphatic rings. The molecular formula is C10H11O3S. The van der Waals surface area contributed by atoms with E-state index in [1.165, 1.54) is 13.2 Å². The molecular weight excluding hydrogens is 200 g/mol. The zero-order valence-electron chi connectivity index (χ0n) is 8.07. The Bertz CT molecular complexity index is 446. The molecule has 0 amide bonds. The highest BCUT2D eigenvalue weighted by Gasteiger charge is 2.13. The first-order chi connectivity index (χ1) is 6.51. The summed E-state index contributed by atoms with van der Waals surface area (Å²) >= 11 is 0. The van der Waals surface area contributed by atoms with E-state index in [4.69, 9.17) is 4.74 Å². The Hall–Kier alpha value is -1.29. The molecule has 0 saturated carbocycles. The molecule has 0 N–H and O–H groups in total. The molecule has 3 nitrogen and oxygen atoms in total. The fraction of sp³-hybridized carbons (Fsp3) is 0.200. The summed E-state index contributed by atoms with van der Waals surface area (Å²) in [4.78, 5) is 0.211. The number of methoxy groups -OCH3 is 1. The van der Waals surface area contributed by atoms with Crippen molar-refractivity contribution in [3.05, 3.63) is 35.7 Å². The predicted molar refractivity (Wildman–Crippen MR) is 53.9 cm³/mol. The van der Waals surface area contributed by atoms with Crippen LogP contribution in [0.2, 0.25) is 0 Å². The van der Waals surface area contributed by atoms with Gasteiger partial charge in [0.15, 0.2) is 9.84 Å². The van der Waals surface area contributed by atoms with Crippen LogP contribution in [-0.2, 0) is 9.84 Å². The third-order valence-electron chi connectivity index (χ3n) is 1.83. The van der Waals surface area contributed by atoms with E-state index in [2.05, 4.69) is 12.6 Å². The normalized spacial score (nSPS) is 11.0. The number of hydrogen-bond donors (Lipinski definition) is 0. The van der Waals surface area contributed by atoms with Crippen molar-refractivity contribution in [3.8, 4) is 5.75 Å². The van der Waals surface area contributed by atoms with Crippen LogP contribution < -0.4 is 4.74 Å². The van der Waals surface area contributed by atoms with Crippen molar-refractivity contribution in [1.29, 1.82) is 0 Å². The summed E-state index contributed by atoms with van der Waals surface area (Å²) < 4.78 is 27.9. The van der Waals surface area contributed by atoms with E-state index in [-0.39, 0.29) is 4.90 Å². The minimum Gasteiger partial charge on any atom is -0.496 e.